The molecule has 0 amide bonds. The van der Waals surface area contributed by atoms with Crippen molar-refractivity contribution in [3.63, 3.8) is 0 Å². The molecule has 0 radical (unpaired) electrons. The molecule has 0 aliphatic carbocycles. The fourth-order valence-electron chi connectivity index (χ4n) is 3.80. The van der Waals surface area contributed by atoms with Gasteiger partial charge in [-0.25, -0.2) is 12.8 Å². The third-order valence-electron chi connectivity index (χ3n) is 5.38. The van der Waals surface area contributed by atoms with Gasteiger partial charge in [-0.1, -0.05) is 18.2 Å². The summed E-state index contributed by atoms with van der Waals surface area (Å²) in [5.74, 6) is -0.842. The zero-order valence-corrected chi connectivity index (χ0v) is 18.4. The first kappa shape index (κ1) is 21.7. The number of aromatic nitrogens is 2. The topological polar surface area (TPSA) is 78.3 Å². The number of pyridine rings is 1. The Balaban J connectivity index is 1.84. The molecule has 2 heterocycles. The molecule has 32 heavy (non-hydrogen) atoms. The molecule has 0 saturated heterocycles. The highest BCUT2D eigenvalue weighted by atomic mass is 32.2. The predicted octanol–water partition coefficient (Wildman–Crippen LogP) is 4.43. The molecule has 0 atom stereocenters. The number of esters is 1. The van der Waals surface area contributed by atoms with Gasteiger partial charge in [-0.05, 0) is 54.4 Å². The third kappa shape index (κ3) is 4.01. The summed E-state index contributed by atoms with van der Waals surface area (Å²) < 4.78 is 47.6. The minimum atomic E-state index is -3.77. The second-order valence-electron chi connectivity index (χ2n) is 7.40. The van der Waals surface area contributed by atoms with Crippen LogP contribution in [0.5, 0.6) is 0 Å². The molecule has 4 rings (SSSR count). The number of carbonyl (C=O) groups excluding carboxylic acids is 1. The summed E-state index contributed by atoms with van der Waals surface area (Å²) in [5.41, 5.74) is 2.68. The fourth-order valence-corrected chi connectivity index (χ4v) is 5.27. The SMILES string of the molecule is CC(=O)OCn1c(C)c(Cc2cnccc2S(=O)(=O)c2ccccc2)c2cc(F)ccc21. The van der Waals surface area contributed by atoms with Crippen molar-refractivity contribution in [2.75, 3.05) is 0 Å². The Morgan fingerprint density at radius 3 is 2.59 bits per heavy atom. The number of benzene rings is 2. The third-order valence-corrected chi connectivity index (χ3v) is 7.25. The number of fused-ring (bicyclic) bond motifs is 1. The van der Waals surface area contributed by atoms with Crippen LogP contribution in [0.25, 0.3) is 10.9 Å². The van der Waals surface area contributed by atoms with E-state index in [1.807, 2.05) is 6.92 Å². The van der Waals surface area contributed by atoms with Crippen molar-refractivity contribution in [1.29, 1.82) is 0 Å². The molecule has 0 N–H and O–H groups in total. The zero-order chi connectivity index (χ0) is 22.9. The lowest BCUT2D eigenvalue weighted by Crippen LogP contribution is -2.09. The van der Waals surface area contributed by atoms with E-state index >= 15 is 0 Å². The molecule has 0 saturated carbocycles. The Morgan fingerprint density at radius 2 is 1.88 bits per heavy atom. The van der Waals surface area contributed by atoms with Crippen LogP contribution < -0.4 is 0 Å². The molecule has 2 aromatic carbocycles. The van der Waals surface area contributed by atoms with Crippen LogP contribution in [-0.2, 0) is 32.5 Å². The molecule has 0 aliphatic rings. The summed E-state index contributed by atoms with van der Waals surface area (Å²) in [5, 5.41) is 0.626. The van der Waals surface area contributed by atoms with E-state index in [0.717, 1.165) is 11.3 Å². The normalized spacial score (nSPS) is 11.6. The summed E-state index contributed by atoms with van der Waals surface area (Å²) in [6.07, 6.45) is 3.17. The Labute approximate surface area is 185 Å². The van der Waals surface area contributed by atoms with E-state index in [0.29, 0.717) is 16.5 Å². The first-order chi connectivity index (χ1) is 15.3. The molecule has 8 heteroatoms. The average Bonchev–Trinajstić information content (AvgIpc) is 3.03. The zero-order valence-electron chi connectivity index (χ0n) is 17.6. The first-order valence-corrected chi connectivity index (χ1v) is 11.4. The number of halogens is 1. The van der Waals surface area contributed by atoms with Crippen LogP contribution in [0.4, 0.5) is 4.39 Å². The van der Waals surface area contributed by atoms with Gasteiger partial charge >= 0.3 is 5.97 Å². The van der Waals surface area contributed by atoms with Crippen molar-refractivity contribution in [2.24, 2.45) is 0 Å². The second kappa shape index (κ2) is 8.55. The van der Waals surface area contributed by atoms with Crippen molar-refractivity contribution < 1.29 is 22.3 Å². The summed E-state index contributed by atoms with van der Waals surface area (Å²) in [4.78, 5) is 15.8. The molecular weight excluding hydrogens is 431 g/mol. The minimum Gasteiger partial charge on any atom is -0.444 e. The van der Waals surface area contributed by atoms with Crippen LogP contribution in [0.2, 0.25) is 0 Å². The van der Waals surface area contributed by atoms with Crippen molar-refractivity contribution >= 4 is 26.7 Å². The second-order valence-corrected chi connectivity index (χ2v) is 9.31. The van der Waals surface area contributed by atoms with Gasteiger partial charge in [0.05, 0.1) is 15.3 Å². The van der Waals surface area contributed by atoms with Crippen LogP contribution in [0.3, 0.4) is 0 Å². The van der Waals surface area contributed by atoms with Gasteiger partial charge in [-0.2, -0.15) is 0 Å². The maximum absolute atomic E-state index is 14.1. The summed E-state index contributed by atoms with van der Waals surface area (Å²) in [7, 11) is -3.77. The van der Waals surface area contributed by atoms with Gasteiger partial charge < -0.3 is 9.30 Å². The highest BCUT2D eigenvalue weighted by molar-refractivity contribution is 7.91. The van der Waals surface area contributed by atoms with Gasteiger partial charge in [0.25, 0.3) is 0 Å². The van der Waals surface area contributed by atoms with Crippen LogP contribution in [0.1, 0.15) is 23.7 Å². The van der Waals surface area contributed by atoms with Gasteiger partial charge in [0.1, 0.15) is 5.82 Å². The van der Waals surface area contributed by atoms with Crippen LogP contribution in [0, 0.1) is 12.7 Å². The predicted molar refractivity (Wildman–Crippen MR) is 117 cm³/mol. The maximum Gasteiger partial charge on any atom is 0.304 e. The van der Waals surface area contributed by atoms with E-state index in [2.05, 4.69) is 4.98 Å². The molecule has 0 fully saturated rings. The van der Waals surface area contributed by atoms with E-state index in [4.69, 9.17) is 4.74 Å². The van der Waals surface area contributed by atoms with Crippen molar-refractivity contribution in [3.8, 4) is 0 Å². The largest absolute Gasteiger partial charge is 0.444 e. The molecule has 164 valence electrons. The lowest BCUT2D eigenvalue weighted by molar-refractivity contribution is -0.144. The average molecular weight is 453 g/mol. The number of nitrogens with zero attached hydrogens (tertiary/aromatic N) is 2. The summed E-state index contributed by atoms with van der Waals surface area (Å²) in [6, 6.07) is 14.0. The molecule has 0 aliphatic heterocycles. The molecule has 0 spiro atoms. The molecule has 2 aromatic heterocycles. The van der Waals surface area contributed by atoms with E-state index in [1.54, 1.807) is 41.0 Å². The Kier molecular flexibility index (Phi) is 5.80. The summed E-state index contributed by atoms with van der Waals surface area (Å²) >= 11 is 0. The van der Waals surface area contributed by atoms with E-state index < -0.39 is 21.6 Å². The van der Waals surface area contributed by atoms with Crippen LogP contribution in [-0.4, -0.2) is 23.9 Å². The van der Waals surface area contributed by atoms with Crippen molar-refractivity contribution in [1.82, 2.24) is 9.55 Å². The number of carbonyl (C=O) groups is 1. The molecular formula is C24H21FN2O4S. The quantitative estimate of drug-likeness (QED) is 0.405. The smallest absolute Gasteiger partial charge is 0.304 e. The van der Waals surface area contributed by atoms with Crippen LogP contribution >= 0.6 is 0 Å². The van der Waals surface area contributed by atoms with Gasteiger partial charge in [-0.15, -0.1) is 0 Å². The standard InChI is InChI=1S/C24H21FN2O4S/c1-16-21(22-13-19(25)8-9-23(22)27(16)15-31-17(2)28)12-18-14-26-11-10-24(18)32(29,30)20-6-4-3-5-7-20/h3-11,13-14H,12,15H2,1-2H3. The highest BCUT2D eigenvalue weighted by Gasteiger charge is 2.23. The van der Waals surface area contributed by atoms with Gasteiger partial charge in [0.15, 0.2) is 6.73 Å². The lowest BCUT2D eigenvalue weighted by Gasteiger charge is -2.11. The Bertz CT molecular complexity index is 1410. The van der Waals surface area contributed by atoms with E-state index in [9.17, 15) is 17.6 Å². The first-order valence-electron chi connectivity index (χ1n) is 9.92. The maximum atomic E-state index is 14.1. The monoisotopic (exact) mass is 452 g/mol. The highest BCUT2D eigenvalue weighted by Crippen LogP contribution is 2.31. The van der Waals surface area contributed by atoms with E-state index in [-0.39, 0.29) is 22.9 Å². The minimum absolute atomic E-state index is 0.0223. The van der Waals surface area contributed by atoms with Gasteiger partial charge in [-0.3, -0.25) is 9.78 Å². The van der Waals surface area contributed by atoms with E-state index in [1.165, 1.54) is 37.5 Å². The fraction of sp³-hybridized carbons (Fsp3) is 0.167. The summed E-state index contributed by atoms with van der Waals surface area (Å²) in [6.45, 7) is 3.13. The lowest BCUT2D eigenvalue weighted by atomic mass is 10.0. The van der Waals surface area contributed by atoms with Gasteiger partial charge in [0.2, 0.25) is 9.84 Å². The molecule has 0 unspecified atom stereocenters. The van der Waals surface area contributed by atoms with Crippen LogP contribution in [0.15, 0.2) is 76.8 Å². The molecule has 6 nitrogen and oxygen atoms in total. The number of rotatable bonds is 6. The Hall–Kier alpha value is -3.52. The number of sulfone groups is 1. The number of hydrogen-bond donors (Lipinski definition) is 0. The van der Waals surface area contributed by atoms with Crippen molar-refractivity contribution in [3.05, 3.63) is 89.6 Å². The number of hydrogen-bond acceptors (Lipinski definition) is 5. The number of ether oxygens (including phenoxy) is 1. The van der Waals surface area contributed by atoms with Gasteiger partial charge in [0, 0.05) is 36.8 Å². The van der Waals surface area contributed by atoms with Crippen molar-refractivity contribution in [2.45, 2.75) is 36.8 Å². The molecule has 0 bridgehead atoms. The Morgan fingerprint density at radius 1 is 1.12 bits per heavy atom. The molecule has 4 aromatic rings.